The molecular formula is C80H129NO8P+. The summed E-state index contributed by atoms with van der Waals surface area (Å²) in [7, 11) is 1.42. The summed E-state index contributed by atoms with van der Waals surface area (Å²) in [4.78, 5) is 35.9. The Morgan fingerprint density at radius 2 is 0.600 bits per heavy atom. The number of ether oxygens (including phenoxy) is 2. The molecule has 0 fully saturated rings. The number of quaternary nitrogens is 1. The third-order valence-corrected chi connectivity index (χ3v) is 15.1. The van der Waals surface area contributed by atoms with Crippen molar-refractivity contribution in [3.05, 3.63) is 194 Å². The van der Waals surface area contributed by atoms with Crippen molar-refractivity contribution < 1.29 is 42.1 Å². The molecule has 0 aliphatic carbocycles. The molecule has 0 rings (SSSR count). The summed E-state index contributed by atoms with van der Waals surface area (Å²) in [5.74, 6) is -0.861. The highest BCUT2D eigenvalue weighted by molar-refractivity contribution is 7.47. The highest BCUT2D eigenvalue weighted by Crippen LogP contribution is 2.43. The Labute approximate surface area is 552 Å². The smallest absolute Gasteiger partial charge is 0.462 e. The lowest BCUT2D eigenvalue weighted by Crippen LogP contribution is -2.37. The second kappa shape index (κ2) is 68.2. The van der Waals surface area contributed by atoms with Crippen LogP contribution in [0.1, 0.15) is 245 Å². The highest BCUT2D eigenvalue weighted by Gasteiger charge is 2.27. The summed E-state index contributed by atoms with van der Waals surface area (Å²) in [6, 6.07) is 0. The highest BCUT2D eigenvalue weighted by atomic mass is 31.2. The Hall–Kier alpha value is -5.15. The number of hydrogen-bond acceptors (Lipinski definition) is 7. The van der Waals surface area contributed by atoms with Gasteiger partial charge in [-0.05, 0) is 141 Å². The van der Waals surface area contributed by atoms with E-state index in [9.17, 15) is 19.0 Å². The fourth-order valence-electron chi connectivity index (χ4n) is 8.81. The monoisotopic (exact) mass is 1260 g/mol. The van der Waals surface area contributed by atoms with Gasteiger partial charge in [0.2, 0.25) is 0 Å². The number of likely N-dealkylation sites (N-methyl/N-ethyl adjacent to an activating group) is 1. The summed E-state index contributed by atoms with van der Waals surface area (Å²) in [5, 5.41) is 0. The maximum atomic E-state index is 12.9. The van der Waals surface area contributed by atoms with Crippen LogP contribution in [0.15, 0.2) is 194 Å². The number of phosphoric acid groups is 1. The first-order valence-electron chi connectivity index (χ1n) is 35.2. The van der Waals surface area contributed by atoms with E-state index in [1.165, 1.54) is 77.0 Å². The molecule has 0 spiro atoms. The molecule has 1 N–H and O–H groups in total. The van der Waals surface area contributed by atoms with Gasteiger partial charge in [0.25, 0.3) is 0 Å². The van der Waals surface area contributed by atoms with Crippen molar-refractivity contribution in [1.82, 2.24) is 0 Å². The van der Waals surface area contributed by atoms with Crippen LogP contribution in [0.4, 0.5) is 0 Å². The van der Waals surface area contributed by atoms with Crippen molar-refractivity contribution >= 4 is 19.8 Å². The predicted octanol–water partition coefficient (Wildman–Crippen LogP) is 23.3. The Morgan fingerprint density at radius 3 is 0.911 bits per heavy atom. The van der Waals surface area contributed by atoms with Gasteiger partial charge in [0, 0.05) is 12.8 Å². The zero-order chi connectivity index (χ0) is 65.5. The van der Waals surface area contributed by atoms with Gasteiger partial charge < -0.3 is 18.9 Å². The lowest BCUT2D eigenvalue weighted by Gasteiger charge is -2.24. The first kappa shape index (κ1) is 84.8. The van der Waals surface area contributed by atoms with Crippen molar-refractivity contribution in [1.29, 1.82) is 0 Å². The largest absolute Gasteiger partial charge is 0.472 e. The molecule has 0 aromatic carbocycles. The molecule has 0 heterocycles. The molecule has 506 valence electrons. The summed E-state index contributed by atoms with van der Waals surface area (Å²) in [5.41, 5.74) is 0. The SMILES string of the molecule is CC/C=C\C/C=C\C/C=C\C/C=C\C/C=C\C/C=C\C/C=C\C/C=C\C/C=C\C/C=C\C/C=C\C/C=C\CCCCC(=O)OC(COC(=O)CCCCCCCCCCCCCCCC/C=C\C/C=C\C/C=C\C/C=C\CC)COP(=O)(O)OCC[N+](C)(C)C. The number of allylic oxidation sites excluding steroid dienone is 32. The van der Waals surface area contributed by atoms with Crippen LogP contribution >= 0.6 is 7.82 Å². The first-order chi connectivity index (χ1) is 44.0. The molecule has 90 heavy (non-hydrogen) atoms. The molecule has 0 bridgehead atoms. The molecule has 0 saturated heterocycles. The minimum absolute atomic E-state index is 0.0128. The summed E-state index contributed by atoms with van der Waals surface area (Å²) in [6.07, 6.45) is 107. The maximum absolute atomic E-state index is 12.9. The third-order valence-electron chi connectivity index (χ3n) is 14.1. The van der Waals surface area contributed by atoms with E-state index in [2.05, 4.69) is 208 Å². The van der Waals surface area contributed by atoms with E-state index in [1.54, 1.807) is 0 Å². The minimum atomic E-state index is -4.42. The van der Waals surface area contributed by atoms with Crippen molar-refractivity contribution in [3.63, 3.8) is 0 Å². The van der Waals surface area contributed by atoms with E-state index in [0.717, 1.165) is 135 Å². The Kier molecular flexibility index (Phi) is 64.3. The zero-order valence-corrected chi connectivity index (χ0v) is 58.4. The van der Waals surface area contributed by atoms with Crippen LogP contribution < -0.4 is 0 Å². The van der Waals surface area contributed by atoms with Crippen molar-refractivity contribution in [2.45, 2.75) is 251 Å². The van der Waals surface area contributed by atoms with Crippen LogP contribution in [0.25, 0.3) is 0 Å². The fraction of sp³-hybridized carbons (Fsp3) is 0.575. The predicted molar refractivity (Wildman–Crippen MR) is 389 cm³/mol. The summed E-state index contributed by atoms with van der Waals surface area (Å²) in [6.45, 7) is 4.14. The quantitative estimate of drug-likeness (QED) is 0.0211. The first-order valence-corrected chi connectivity index (χ1v) is 36.7. The third kappa shape index (κ3) is 71.9. The van der Waals surface area contributed by atoms with E-state index in [-0.39, 0.29) is 32.0 Å². The standard InChI is InChI=1S/C80H128NO8P/c1-6-8-10-12-14-16-18-20-22-24-26-28-30-32-34-35-36-37-38-39-40-41-42-43-44-45-47-49-51-53-55-57-59-61-63-65-67-69-71-73-80(83)89-78(77-88-90(84,85)87-75-74-81(3,4)5)76-86-79(82)72-70-68-66-64-62-60-58-56-54-52-50-48-46-33-31-29-27-25-23-21-19-17-15-13-11-9-7-2/h8-11,14-17,20-23,26-29,32,34,36-37,39-40,42-43,45,47,51,53,57,59,63,65,78H,6-7,12-13,18-19,24-25,30-31,33,35,38,41,44,46,48-50,52,54-56,58,60-62,64,66-77H2,1-5H3/p+1/b10-8-,11-9-,16-14-,17-15-,22-20-,23-21-,28-26-,29-27-,34-32-,37-36-,40-39-,43-42-,47-45-,53-51-,59-57-,65-63-. The lowest BCUT2D eigenvalue weighted by atomic mass is 10.0. The molecule has 0 radical (unpaired) electrons. The molecule has 0 saturated carbocycles. The topological polar surface area (TPSA) is 108 Å². The number of phosphoric ester groups is 1. The van der Waals surface area contributed by atoms with Crippen LogP contribution in [0, 0.1) is 0 Å². The molecule has 0 aromatic rings. The number of carbonyl (C=O) groups excluding carboxylic acids is 2. The molecule has 0 aliphatic rings. The second-order valence-electron chi connectivity index (χ2n) is 23.8. The van der Waals surface area contributed by atoms with Crippen molar-refractivity contribution in [3.8, 4) is 0 Å². The average Bonchev–Trinajstić information content (AvgIpc) is 3.58. The van der Waals surface area contributed by atoms with Gasteiger partial charge in [-0.3, -0.25) is 18.6 Å². The second-order valence-corrected chi connectivity index (χ2v) is 25.3. The van der Waals surface area contributed by atoms with Gasteiger partial charge in [0.15, 0.2) is 6.10 Å². The number of unbranched alkanes of at least 4 members (excludes halogenated alkanes) is 16. The van der Waals surface area contributed by atoms with E-state index < -0.39 is 26.5 Å². The van der Waals surface area contributed by atoms with Crippen LogP contribution in [0.3, 0.4) is 0 Å². The maximum Gasteiger partial charge on any atom is 0.472 e. The van der Waals surface area contributed by atoms with Gasteiger partial charge in [-0.15, -0.1) is 0 Å². The Balaban J connectivity index is 4.21. The molecular weight excluding hydrogens is 1130 g/mol. The molecule has 2 unspecified atom stereocenters. The number of esters is 2. The van der Waals surface area contributed by atoms with Crippen LogP contribution in [-0.4, -0.2) is 74.9 Å². The Bertz CT molecular complexity index is 2220. The molecule has 0 aromatic heterocycles. The fourth-order valence-corrected chi connectivity index (χ4v) is 9.55. The van der Waals surface area contributed by atoms with E-state index >= 15 is 0 Å². The van der Waals surface area contributed by atoms with Crippen molar-refractivity contribution in [2.75, 3.05) is 47.5 Å². The van der Waals surface area contributed by atoms with Gasteiger partial charge in [-0.25, -0.2) is 4.57 Å². The van der Waals surface area contributed by atoms with E-state index in [1.807, 2.05) is 21.1 Å². The minimum Gasteiger partial charge on any atom is -0.462 e. The summed E-state index contributed by atoms with van der Waals surface area (Å²) >= 11 is 0. The van der Waals surface area contributed by atoms with Crippen LogP contribution in [-0.2, 0) is 32.7 Å². The normalized spacial score (nSPS) is 14.3. The molecule has 0 aliphatic heterocycles. The van der Waals surface area contributed by atoms with E-state index in [4.69, 9.17) is 18.5 Å². The van der Waals surface area contributed by atoms with E-state index in [0.29, 0.717) is 17.4 Å². The Morgan fingerprint density at radius 1 is 0.344 bits per heavy atom. The van der Waals surface area contributed by atoms with Gasteiger partial charge in [-0.1, -0.05) is 285 Å². The number of hydrogen-bond donors (Lipinski definition) is 1. The molecule has 10 heteroatoms. The van der Waals surface area contributed by atoms with Gasteiger partial charge in [0.05, 0.1) is 27.7 Å². The number of carbonyl (C=O) groups is 2. The average molecular weight is 1260 g/mol. The van der Waals surface area contributed by atoms with Crippen LogP contribution in [0.5, 0.6) is 0 Å². The van der Waals surface area contributed by atoms with Gasteiger partial charge >= 0.3 is 19.8 Å². The molecule has 2 atom stereocenters. The zero-order valence-electron chi connectivity index (χ0n) is 57.5. The lowest BCUT2D eigenvalue weighted by molar-refractivity contribution is -0.870. The summed E-state index contributed by atoms with van der Waals surface area (Å²) < 4.78 is 34.6. The van der Waals surface area contributed by atoms with Crippen molar-refractivity contribution in [2.24, 2.45) is 0 Å². The molecule has 9 nitrogen and oxygen atoms in total. The van der Waals surface area contributed by atoms with Gasteiger partial charge in [-0.2, -0.15) is 0 Å². The molecule has 0 amide bonds. The van der Waals surface area contributed by atoms with Crippen LogP contribution in [0.2, 0.25) is 0 Å². The number of nitrogens with zero attached hydrogens (tertiary/aromatic N) is 1. The number of rotatable bonds is 62. The van der Waals surface area contributed by atoms with Gasteiger partial charge in [0.1, 0.15) is 19.8 Å².